The van der Waals surface area contributed by atoms with E-state index in [1.54, 1.807) is 52.0 Å². The molecule has 1 saturated heterocycles. The van der Waals surface area contributed by atoms with Crippen LogP contribution < -0.4 is 20.4 Å². The number of amides is 1. The zero-order valence-corrected chi connectivity index (χ0v) is 39.9. The fourth-order valence-electron chi connectivity index (χ4n) is 9.70. The summed E-state index contributed by atoms with van der Waals surface area (Å²) < 4.78 is 30.4. The predicted molar refractivity (Wildman–Crippen MR) is 252 cm³/mol. The smallest absolute Gasteiger partial charge is 0.312 e. The maximum Gasteiger partial charge on any atom is 0.312 e. The molecule has 0 spiro atoms. The number of piperidine rings is 1. The third kappa shape index (κ3) is 8.97. The molecule has 4 aliphatic heterocycles. The van der Waals surface area contributed by atoms with E-state index in [9.17, 15) is 39.6 Å². The Kier molecular flexibility index (Phi) is 13.8. The number of rotatable bonds is 4. The van der Waals surface area contributed by atoms with E-state index in [-0.39, 0.29) is 67.2 Å². The zero-order valence-electron chi connectivity index (χ0n) is 39.9. The Bertz CT molecular complexity index is 2720. The molecule has 0 radical (unpaired) electrons. The van der Waals surface area contributed by atoms with Crippen LogP contribution in [-0.2, 0) is 23.8 Å². The van der Waals surface area contributed by atoms with Crippen molar-refractivity contribution >= 4 is 50.9 Å². The van der Waals surface area contributed by atoms with Crippen LogP contribution in [0.2, 0.25) is 0 Å². The van der Waals surface area contributed by atoms with Crippen molar-refractivity contribution in [2.75, 3.05) is 44.5 Å². The molecule has 2 aromatic carbocycles. The number of ether oxygens (including phenoxy) is 4. The van der Waals surface area contributed by atoms with Crippen molar-refractivity contribution in [3.63, 3.8) is 0 Å². The molecule has 17 heteroatoms. The maximum atomic E-state index is 14.9. The second-order valence-electron chi connectivity index (χ2n) is 18.7. The number of ketones is 1. The molecule has 0 saturated carbocycles. The van der Waals surface area contributed by atoms with Crippen molar-refractivity contribution in [2.24, 2.45) is 23.7 Å². The lowest BCUT2D eigenvalue weighted by molar-refractivity contribution is -0.160. The van der Waals surface area contributed by atoms with Crippen LogP contribution in [0.15, 0.2) is 57.5 Å². The van der Waals surface area contributed by atoms with Crippen molar-refractivity contribution in [1.29, 1.82) is 0 Å². The van der Waals surface area contributed by atoms with Gasteiger partial charge in [-0.3, -0.25) is 19.2 Å². The number of Topliss-reactive ketones (excluding diaryl/α,β-unsaturated/α-hetero) is 1. The van der Waals surface area contributed by atoms with E-state index >= 15 is 0 Å². The van der Waals surface area contributed by atoms with E-state index in [1.807, 2.05) is 14.1 Å². The van der Waals surface area contributed by atoms with Crippen LogP contribution in [0.1, 0.15) is 77.2 Å². The number of methoxy groups -OCH3 is 1. The molecule has 4 heterocycles. The molecule has 67 heavy (non-hydrogen) atoms. The third-order valence-electron chi connectivity index (χ3n) is 14.0. The first-order valence-electron chi connectivity index (χ1n) is 22.6. The molecule has 7 rings (SSSR count). The van der Waals surface area contributed by atoms with Gasteiger partial charge < -0.3 is 58.9 Å². The number of carbonyl (C=O) groups excluding carboxylic acids is 3. The van der Waals surface area contributed by atoms with E-state index in [1.165, 1.54) is 53.2 Å². The minimum Gasteiger partial charge on any atom is -0.507 e. The van der Waals surface area contributed by atoms with Crippen molar-refractivity contribution in [3.8, 4) is 28.7 Å². The van der Waals surface area contributed by atoms with Gasteiger partial charge in [-0.2, -0.15) is 0 Å². The number of esters is 1. The number of hydrogen-bond acceptors (Lipinski definition) is 16. The number of nitrogens with one attached hydrogen (secondary N) is 1. The van der Waals surface area contributed by atoms with Gasteiger partial charge in [0.15, 0.2) is 11.3 Å². The molecule has 0 unspecified atom stereocenters. The second kappa shape index (κ2) is 18.9. The van der Waals surface area contributed by atoms with Crippen LogP contribution in [0.4, 0.5) is 11.4 Å². The Balaban J connectivity index is 1.44. The van der Waals surface area contributed by atoms with Crippen molar-refractivity contribution in [2.45, 2.75) is 104 Å². The molecular weight excluding hydrogens is 865 g/mol. The first-order chi connectivity index (χ1) is 31.6. The van der Waals surface area contributed by atoms with Crippen LogP contribution in [0.25, 0.3) is 33.3 Å². The number of anilines is 2. The number of phenols is 2. The first kappa shape index (κ1) is 48.9. The Labute approximate surface area is 389 Å². The largest absolute Gasteiger partial charge is 0.507 e. The summed E-state index contributed by atoms with van der Waals surface area (Å²) in [6.07, 6.45) is 5.25. The van der Waals surface area contributed by atoms with Crippen LogP contribution >= 0.6 is 0 Å². The van der Waals surface area contributed by atoms with E-state index < -0.39 is 82.7 Å². The number of aromatic nitrogens is 1. The van der Waals surface area contributed by atoms with Crippen molar-refractivity contribution in [3.05, 3.63) is 69.6 Å². The molecule has 1 aliphatic carbocycles. The highest BCUT2D eigenvalue weighted by Crippen LogP contribution is 2.51. The molecule has 1 amide bonds. The number of hydrogen-bond donors (Lipinski definition) is 5. The van der Waals surface area contributed by atoms with Gasteiger partial charge in [0.2, 0.25) is 5.43 Å². The summed E-state index contributed by atoms with van der Waals surface area (Å²) in [6, 6.07) is 3.67. The number of nitrogens with zero attached hydrogens (tertiary/aromatic N) is 3. The molecule has 1 fully saturated rings. The number of allylic oxidation sites excluding steroid dienone is 2. The normalized spacial score (nSPS) is 29.8. The molecule has 0 aromatic heterocycles. The number of aromatic hydroxyl groups is 2. The summed E-state index contributed by atoms with van der Waals surface area (Å²) in [6.45, 7) is 13.9. The van der Waals surface area contributed by atoms with Crippen LogP contribution in [0.5, 0.6) is 17.2 Å². The lowest BCUT2D eigenvalue weighted by atomic mass is 9.78. The number of benzene rings is 3. The average molecular weight is 927 g/mol. The van der Waals surface area contributed by atoms with Crippen molar-refractivity contribution < 1.29 is 58.2 Å². The van der Waals surface area contributed by atoms with E-state index in [2.05, 4.69) is 15.1 Å². The molecule has 17 nitrogen and oxygen atoms in total. The monoisotopic (exact) mass is 926 g/mol. The van der Waals surface area contributed by atoms with E-state index in [4.69, 9.17) is 28.3 Å². The van der Waals surface area contributed by atoms with Gasteiger partial charge in [-0.05, 0) is 46.9 Å². The molecule has 9 atom stereocenters. The quantitative estimate of drug-likeness (QED) is 0.0873. The second-order valence-corrected chi connectivity index (χ2v) is 18.7. The van der Waals surface area contributed by atoms with E-state index in [0.717, 1.165) is 12.8 Å². The van der Waals surface area contributed by atoms with Crippen LogP contribution in [-0.4, -0.2) is 119 Å². The molecule has 2 aromatic rings. The number of phenolic OH excluding ortho intramolecular Hbond substituents is 2. The molecule has 360 valence electrons. The Morgan fingerprint density at radius 1 is 0.970 bits per heavy atom. The third-order valence-corrected chi connectivity index (χ3v) is 14.0. The minimum atomic E-state index is -2.08. The summed E-state index contributed by atoms with van der Waals surface area (Å²) in [5.74, 6) is -7.82. The highest BCUT2D eigenvalue weighted by atomic mass is 16.7. The van der Waals surface area contributed by atoms with Gasteiger partial charge in [0, 0.05) is 98.1 Å². The average Bonchev–Trinajstić information content (AvgIpc) is 3.56. The van der Waals surface area contributed by atoms with Crippen LogP contribution in [0.3, 0.4) is 0 Å². The predicted octanol–water partition coefficient (Wildman–Crippen LogP) is 6.19. The highest BCUT2D eigenvalue weighted by Gasteiger charge is 2.50. The lowest BCUT2D eigenvalue weighted by Gasteiger charge is -2.38. The lowest BCUT2D eigenvalue weighted by Crippen LogP contribution is -2.46. The van der Waals surface area contributed by atoms with Gasteiger partial charge in [0.25, 0.3) is 11.7 Å². The Morgan fingerprint density at radius 3 is 2.30 bits per heavy atom. The minimum absolute atomic E-state index is 0.00704. The number of carbonyl (C=O) groups is 3. The molecule has 5 aliphatic rings. The van der Waals surface area contributed by atoms with Gasteiger partial charge in [-0.15, -0.1) is 0 Å². The summed E-state index contributed by atoms with van der Waals surface area (Å²) >= 11 is 0. The van der Waals surface area contributed by atoms with Gasteiger partial charge in [-0.25, -0.2) is 4.98 Å². The fourth-order valence-corrected chi connectivity index (χ4v) is 9.70. The Hall–Kier alpha value is -6.01. The molecule has 5 N–H and O–H groups in total. The fraction of sp³-hybridized carbons (Fsp3) is 0.500. The molecular formula is C50H62N4O13. The molecule has 4 bridgehead atoms. The van der Waals surface area contributed by atoms with E-state index in [0.29, 0.717) is 24.8 Å². The summed E-state index contributed by atoms with van der Waals surface area (Å²) in [4.78, 5) is 65.3. The van der Waals surface area contributed by atoms with Gasteiger partial charge in [0.1, 0.15) is 40.3 Å². The summed E-state index contributed by atoms with van der Waals surface area (Å²) in [5.41, 5.74) is -0.643. The Morgan fingerprint density at radius 2 is 1.66 bits per heavy atom. The number of aliphatic hydroxyl groups is 2. The number of aliphatic hydroxyl groups excluding tert-OH is 2. The van der Waals surface area contributed by atoms with Gasteiger partial charge in [-0.1, -0.05) is 45.9 Å². The standard InChI is InChI=1S/C50H62N4O13/c1-23-13-12-14-24(2)49(62)52-40-44(60)36-35(39-47(40)66-34-22-31(21-32(56)38(34)51-39)54-18-15-30(16-19-54)53(9)10)37-46(28(6)43(36)59)67-50(8,48(37)61)64-20-17-33(63-11)25(3)45(65-29(7)55)27(5)42(58)26(4)41(23)57/h12-14,17,20-23,25-27,30,33,41-42,45,56-59H,15-16,18-19H2,1-11H3,(H,52,62)/b13-12+,20-17+,24-14-/t23-,25+,26+,27+,33-,41-,42+,45+,50-/m0/s1. The highest BCUT2D eigenvalue weighted by molar-refractivity contribution is 6.22. The summed E-state index contributed by atoms with van der Waals surface area (Å²) in [5, 5.41) is 48.7. The van der Waals surface area contributed by atoms with Crippen molar-refractivity contribution in [1.82, 2.24) is 9.88 Å². The first-order valence-corrected chi connectivity index (χ1v) is 22.6. The van der Waals surface area contributed by atoms with Gasteiger partial charge >= 0.3 is 11.8 Å². The summed E-state index contributed by atoms with van der Waals surface area (Å²) in [7, 11) is 5.52. The maximum absolute atomic E-state index is 14.9. The zero-order chi connectivity index (χ0) is 49.0. The van der Waals surface area contributed by atoms with Crippen LogP contribution in [0, 0.1) is 30.6 Å². The van der Waals surface area contributed by atoms with Gasteiger partial charge in [0.05, 0.1) is 35.5 Å². The number of fused-ring (bicyclic) bond motifs is 2. The topological polar surface area (TPSA) is 231 Å². The SMILES string of the molecule is CO[C@H]1/C=C/O[C@@]2(C)Oc3c(C)c(O)c4c(=O)c(c5oc6cc(N7CCC(N(C)C)CC7)cc(O)c6nc-5c4c3C2=O)NC(=O)/C(C)=C\C=C\[C@H](C)[C@H](O)[C@@H](C)[C@@H](O)[C@@H](C)[C@H](OC(C)=O)[C@@H]1C.